The van der Waals surface area contributed by atoms with Crippen molar-refractivity contribution in [3.8, 4) is 0 Å². The standard InChI is InChI=1S/C18H22FN5O/c1-13(2)22-18-20-11-14(12-21-18)17(25)24-9-7-23(8-10-24)16-5-3-15(19)4-6-16/h3-6,11-13H,7-10H2,1-2H3,(H,20,21,22). The highest BCUT2D eigenvalue weighted by molar-refractivity contribution is 5.93. The molecule has 1 aromatic heterocycles. The van der Waals surface area contributed by atoms with Crippen LogP contribution in [0.25, 0.3) is 0 Å². The molecule has 0 radical (unpaired) electrons. The molecule has 3 rings (SSSR count). The molecule has 1 fully saturated rings. The largest absolute Gasteiger partial charge is 0.368 e. The van der Waals surface area contributed by atoms with Gasteiger partial charge in [0, 0.05) is 50.3 Å². The van der Waals surface area contributed by atoms with Crippen molar-refractivity contribution < 1.29 is 9.18 Å². The number of anilines is 2. The molecule has 2 heterocycles. The van der Waals surface area contributed by atoms with Crippen molar-refractivity contribution in [3.63, 3.8) is 0 Å². The average molecular weight is 343 g/mol. The lowest BCUT2D eigenvalue weighted by Crippen LogP contribution is -2.48. The van der Waals surface area contributed by atoms with Gasteiger partial charge in [-0.2, -0.15) is 0 Å². The van der Waals surface area contributed by atoms with Crippen molar-refractivity contribution in [2.45, 2.75) is 19.9 Å². The smallest absolute Gasteiger partial charge is 0.257 e. The second-order valence-corrected chi connectivity index (χ2v) is 6.35. The zero-order valence-electron chi connectivity index (χ0n) is 14.4. The van der Waals surface area contributed by atoms with E-state index in [-0.39, 0.29) is 17.8 Å². The van der Waals surface area contributed by atoms with Crippen LogP contribution in [0.5, 0.6) is 0 Å². The Morgan fingerprint density at radius 3 is 2.24 bits per heavy atom. The molecule has 1 N–H and O–H groups in total. The van der Waals surface area contributed by atoms with Crippen molar-refractivity contribution in [2.24, 2.45) is 0 Å². The molecule has 1 amide bonds. The highest BCUT2D eigenvalue weighted by Gasteiger charge is 2.22. The molecule has 1 saturated heterocycles. The zero-order chi connectivity index (χ0) is 17.8. The summed E-state index contributed by atoms with van der Waals surface area (Å²) in [6.45, 7) is 6.66. The normalized spacial score (nSPS) is 14.7. The van der Waals surface area contributed by atoms with E-state index in [0.29, 0.717) is 37.7 Å². The molecule has 25 heavy (non-hydrogen) atoms. The van der Waals surface area contributed by atoms with Crippen molar-refractivity contribution >= 4 is 17.5 Å². The maximum atomic E-state index is 13.0. The second kappa shape index (κ2) is 7.46. The number of halogens is 1. The van der Waals surface area contributed by atoms with Crippen LogP contribution in [0, 0.1) is 5.82 Å². The molecule has 1 aromatic carbocycles. The molecular weight excluding hydrogens is 321 g/mol. The molecule has 0 unspecified atom stereocenters. The predicted molar refractivity (Wildman–Crippen MR) is 95.3 cm³/mol. The molecule has 132 valence electrons. The minimum atomic E-state index is -0.243. The molecule has 6 nitrogen and oxygen atoms in total. The van der Waals surface area contributed by atoms with Gasteiger partial charge in [0.05, 0.1) is 5.56 Å². The van der Waals surface area contributed by atoms with Gasteiger partial charge in [-0.1, -0.05) is 0 Å². The Balaban J connectivity index is 1.58. The van der Waals surface area contributed by atoms with Gasteiger partial charge in [-0.3, -0.25) is 4.79 Å². The summed E-state index contributed by atoms with van der Waals surface area (Å²) in [5.41, 5.74) is 1.46. The lowest BCUT2D eigenvalue weighted by atomic mass is 10.2. The van der Waals surface area contributed by atoms with Gasteiger partial charge < -0.3 is 15.1 Å². The maximum Gasteiger partial charge on any atom is 0.257 e. The van der Waals surface area contributed by atoms with E-state index in [4.69, 9.17) is 0 Å². The highest BCUT2D eigenvalue weighted by atomic mass is 19.1. The molecule has 0 atom stereocenters. The predicted octanol–water partition coefficient (Wildman–Crippen LogP) is 2.40. The van der Waals surface area contributed by atoms with Gasteiger partial charge in [-0.05, 0) is 38.1 Å². The minimum Gasteiger partial charge on any atom is -0.368 e. The Morgan fingerprint density at radius 2 is 1.68 bits per heavy atom. The quantitative estimate of drug-likeness (QED) is 0.924. The van der Waals surface area contributed by atoms with Crippen LogP contribution in [-0.2, 0) is 0 Å². The van der Waals surface area contributed by atoms with Crippen LogP contribution in [0.4, 0.5) is 16.0 Å². The van der Waals surface area contributed by atoms with Gasteiger partial charge in [-0.15, -0.1) is 0 Å². The molecule has 0 bridgehead atoms. The number of rotatable bonds is 4. The Morgan fingerprint density at radius 1 is 1.08 bits per heavy atom. The molecule has 2 aromatic rings. The van der Waals surface area contributed by atoms with E-state index in [1.807, 2.05) is 13.8 Å². The summed E-state index contributed by atoms with van der Waals surface area (Å²) in [4.78, 5) is 24.9. The Labute approximate surface area is 146 Å². The number of benzene rings is 1. The Hall–Kier alpha value is -2.70. The van der Waals surface area contributed by atoms with Gasteiger partial charge >= 0.3 is 0 Å². The summed E-state index contributed by atoms with van der Waals surface area (Å²) in [5.74, 6) is 0.218. The van der Waals surface area contributed by atoms with E-state index in [2.05, 4.69) is 20.2 Å². The van der Waals surface area contributed by atoms with Crippen LogP contribution >= 0.6 is 0 Å². The highest BCUT2D eigenvalue weighted by Crippen LogP contribution is 2.18. The van der Waals surface area contributed by atoms with Crippen molar-refractivity contribution in [1.29, 1.82) is 0 Å². The molecule has 0 saturated carbocycles. The number of aromatic nitrogens is 2. The third-order valence-electron chi connectivity index (χ3n) is 4.08. The van der Waals surface area contributed by atoms with Crippen LogP contribution < -0.4 is 10.2 Å². The fraction of sp³-hybridized carbons (Fsp3) is 0.389. The summed E-state index contributed by atoms with van der Waals surface area (Å²) in [5, 5.41) is 3.10. The van der Waals surface area contributed by atoms with Crippen LogP contribution in [0.1, 0.15) is 24.2 Å². The molecule has 0 spiro atoms. The third-order valence-corrected chi connectivity index (χ3v) is 4.08. The monoisotopic (exact) mass is 343 g/mol. The van der Waals surface area contributed by atoms with E-state index in [1.54, 1.807) is 29.4 Å². The first kappa shape index (κ1) is 17.1. The van der Waals surface area contributed by atoms with Crippen molar-refractivity contribution in [3.05, 3.63) is 48.0 Å². The van der Waals surface area contributed by atoms with E-state index >= 15 is 0 Å². The van der Waals surface area contributed by atoms with Crippen molar-refractivity contribution in [2.75, 3.05) is 36.4 Å². The number of nitrogens with zero attached hydrogens (tertiary/aromatic N) is 4. The first-order chi connectivity index (χ1) is 12.0. The number of hydrogen-bond acceptors (Lipinski definition) is 5. The summed E-state index contributed by atoms with van der Waals surface area (Å²) in [6.07, 6.45) is 3.12. The van der Waals surface area contributed by atoms with Crippen LogP contribution in [0.15, 0.2) is 36.7 Å². The first-order valence-electron chi connectivity index (χ1n) is 8.41. The van der Waals surface area contributed by atoms with E-state index in [1.165, 1.54) is 12.1 Å². The fourth-order valence-corrected chi connectivity index (χ4v) is 2.77. The molecule has 7 heteroatoms. The lowest BCUT2D eigenvalue weighted by Gasteiger charge is -2.36. The van der Waals surface area contributed by atoms with Gasteiger partial charge in [0.25, 0.3) is 5.91 Å². The molecule has 0 aliphatic carbocycles. The Bertz CT molecular complexity index is 709. The lowest BCUT2D eigenvalue weighted by molar-refractivity contribution is 0.0746. The topological polar surface area (TPSA) is 61.4 Å². The van der Waals surface area contributed by atoms with E-state index < -0.39 is 0 Å². The number of carbonyl (C=O) groups is 1. The van der Waals surface area contributed by atoms with Gasteiger partial charge in [0.2, 0.25) is 5.95 Å². The van der Waals surface area contributed by atoms with Gasteiger partial charge in [0.1, 0.15) is 5.82 Å². The number of hydrogen-bond donors (Lipinski definition) is 1. The summed E-state index contributed by atoms with van der Waals surface area (Å²) in [6, 6.07) is 6.68. The molecule has 1 aliphatic rings. The van der Waals surface area contributed by atoms with Crippen LogP contribution in [0.3, 0.4) is 0 Å². The van der Waals surface area contributed by atoms with E-state index in [9.17, 15) is 9.18 Å². The zero-order valence-corrected chi connectivity index (χ0v) is 14.4. The van der Waals surface area contributed by atoms with Crippen molar-refractivity contribution in [1.82, 2.24) is 14.9 Å². The summed E-state index contributed by atoms with van der Waals surface area (Å²) in [7, 11) is 0. The molecular formula is C18H22FN5O. The summed E-state index contributed by atoms with van der Waals surface area (Å²) >= 11 is 0. The van der Waals surface area contributed by atoms with Gasteiger partial charge in [-0.25, -0.2) is 14.4 Å². The second-order valence-electron chi connectivity index (χ2n) is 6.35. The fourth-order valence-electron chi connectivity index (χ4n) is 2.77. The number of carbonyl (C=O) groups excluding carboxylic acids is 1. The van der Waals surface area contributed by atoms with E-state index in [0.717, 1.165) is 5.69 Å². The van der Waals surface area contributed by atoms with Gasteiger partial charge in [0.15, 0.2) is 0 Å². The SMILES string of the molecule is CC(C)Nc1ncc(C(=O)N2CCN(c3ccc(F)cc3)CC2)cn1. The van der Waals surface area contributed by atoms with Crippen LogP contribution in [0.2, 0.25) is 0 Å². The number of piperazine rings is 1. The third kappa shape index (κ3) is 4.23. The molecule has 1 aliphatic heterocycles. The van der Waals surface area contributed by atoms with Crippen LogP contribution in [-0.4, -0.2) is 53.0 Å². The maximum absolute atomic E-state index is 13.0. The first-order valence-corrected chi connectivity index (χ1v) is 8.41. The number of nitrogens with one attached hydrogen (secondary N) is 1. The number of amides is 1. The minimum absolute atomic E-state index is 0.0603. The average Bonchev–Trinajstić information content (AvgIpc) is 2.62. The Kier molecular flexibility index (Phi) is 5.11. The summed E-state index contributed by atoms with van der Waals surface area (Å²) < 4.78 is 13.0.